The van der Waals surface area contributed by atoms with Gasteiger partial charge in [-0.3, -0.25) is 0 Å². The molecule has 2 N–H and O–H groups in total. The highest BCUT2D eigenvalue weighted by molar-refractivity contribution is 5.85. The third-order valence-electron chi connectivity index (χ3n) is 3.01. The van der Waals surface area contributed by atoms with Crippen molar-refractivity contribution in [2.45, 2.75) is 32.7 Å². The molecule has 72 valence electrons. The molecule has 0 aliphatic heterocycles. The fourth-order valence-corrected chi connectivity index (χ4v) is 2.03. The molecule has 1 aliphatic rings. The van der Waals surface area contributed by atoms with E-state index in [9.17, 15) is 0 Å². The van der Waals surface area contributed by atoms with Gasteiger partial charge in [0.05, 0.1) is 0 Å². The summed E-state index contributed by atoms with van der Waals surface area (Å²) >= 11 is 0. The number of hydrogen-bond donors (Lipinski definition) is 1. The average Bonchev–Trinajstić information content (AvgIpc) is 2.41. The minimum absolute atomic E-state index is 0. The second-order valence-corrected chi connectivity index (χ2v) is 3.72. The maximum absolute atomic E-state index is 5.97. The minimum atomic E-state index is 0. The molecule has 13 heavy (non-hydrogen) atoms. The maximum atomic E-state index is 5.97. The SMILES string of the molecule is Cc1ccc2c(c1C)CCC2N.Cl. The van der Waals surface area contributed by atoms with Crippen LogP contribution in [0.1, 0.15) is 34.7 Å². The maximum Gasteiger partial charge on any atom is 0.0300 e. The van der Waals surface area contributed by atoms with Gasteiger partial charge in [0.1, 0.15) is 0 Å². The fourth-order valence-electron chi connectivity index (χ4n) is 2.03. The summed E-state index contributed by atoms with van der Waals surface area (Å²) in [7, 11) is 0. The van der Waals surface area contributed by atoms with E-state index in [0.29, 0.717) is 6.04 Å². The van der Waals surface area contributed by atoms with Gasteiger partial charge < -0.3 is 5.73 Å². The van der Waals surface area contributed by atoms with Gasteiger partial charge in [-0.15, -0.1) is 12.4 Å². The molecule has 0 aromatic heterocycles. The van der Waals surface area contributed by atoms with E-state index in [0.717, 1.165) is 6.42 Å². The lowest BCUT2D eigenvalue weighted by Crippen LogP contribution is -2.05. The fraction of sp³-hybridized carbons (Fsp3) is 0.455. The lowest BCUT2D eigenvalue weighted by molar-refractivity contribution is 0.713. The summed E-state index contributed by atoms with van der Waals surface area (Å²) in [4.78, 5) is 0. The van der Waals surface area contributed by atoms with Crippen molar-refractivity contribution in [3.8, 4) is 0 Å². The standard InChI is InChI=1S/C11H15N.ClH/c1-7-3-4-10-9(8(7)2)5-6-11(10)12;/h3-4,11H,5-6,12H2,1-2H3;1H. The largest absolute Gasteiger partial charge is 0.324 e. The highest BCUT2D eigenvalue weighted by Gasteiger charge is 2.20. The van der Waals surface area contributed by atoms with Crippen LogP contribution in [0.15, 0.2) is 12.1 Å². The second-order valence-electron chi connectivity index (χ2n) is 3.72. The molecular weight excluding hydrogens is 182 g/mol. The third kappa shape index (κ3) is 1.59. The van der Waals surface area contributed by atoms with Gasteiger partial charge in [-0.05, 0) is 48.9 Å². The van der Waals surface area contributed by atoms with E-state index in [1.54, 1.807) is 0 Å². The van der Waals surface area contributed by atoms with Gasteiger partial charge in [0.25, 0.3) is 0 Å². The van der Waals surface area contributed by atoms with E-state index in [1.165, 1.54) is 28.7 Å². The average molecular weight is 198 g/mol. The Morgan fingerprint density at radius 3 is 2.69 bits per heavy atom. The monoisotopic (exact) mass is 197 g/mol. The summed E-state index contributed by atoms with van der Waals surface area (Å²) in [5, 5.41) is 0. The van der Waals surface area contributed by atoms with Crippen molar-refractivity contribution in [2.24, 2.45) is 5.73 Å². The number of aryl methyl sites for hydroxylation is 1. The molecule has 2 heteroatoms. The normalized spacial score (nSPS) is 19.5. The van der Waals surface area contributed by atoms with Crippen LogP contribution in [-0.2, 0) is 6.42 Å². The molecule has 0 radical (unpaired) electrons. The predicted molar refractivity (Wildman–Crippen MR) is 58.4 cm³/mol. The van der Waals surface area contributed by atoms with Crippen LogP contribution in [0.5, 0.6) is 0 Å². The molecule has 0 spiro atoms. The summed E-state index contributed by atoms with van der Waals surface area (Å²) in [6, 6.07) is 4.66. The Morgan fingerprint density at radius 1 is 1.31 bits per heavy atom. The molecule has 0 amide bonds. The van der Waals surface area contributed by atoms with Crippen LogP contribution in [0, 0.1) is 13.8 Å². The van der Waals surface area contributed by atoms with E-state index >= 15 is 0 Å². The van der Waals surface area contributed by atoms with E-state index in [-0.39, 0.29) is 12.4 Å². The van der Waals surface area contributed by atoms with Crippen molar-refractivity contribution in [1.82, 2.24) is 0 Å². The van der Waals surface area contributed by atoms with Gasteiger partial charge in [-0.1, -0.05) is 12.1 Å². The Kier molecular flexibility index (Phi) is 2.99. The zero-order valence-electron chi connectivity index (χ0n) is 8.13. The van der Waals surface area contributed by atoms with Crippen LogP contribution >= 0.6 is 12.4 Å². The molecule has 0 heterocycles. The topological polar surface area (TPSA) is 26.0 Å². The Hall–Kier alpha value is -0.530. The third-order valence-corrected chi connectivity index (χ3v) is 3.01. The summed E-state index contributed by atoms with van der Waals surface area (Å²) in [5.41, 5.74) is 11.7. The van der Waals surface area contributed by atoms with E-state index in [1.807, 2.05) is 0 Å². The summed E-state index contributed by atoms with van der Waals surface area (Å²) < 4.78 is 0. The molecule has 1 nitrogen and oxygen atoms in total. The number of rotatable bonds is 0. The van der Waals surface area contributed by atoms with E-state index in [4.69, 9.17) is 5.73 Å². The Bertz CT molecular complexity index is 320. The first kappa shape index (κ1) is 10.6. The van der Waals surface area contributed by atoms with Gasteiger partial charge in [-0.2, -0.15) is 0 Å². The van der Waals surface area contributed by atoms with Gasteiger partial charge in [0.15, 0.2) is 0 Å². The van der Waals surface area contributed by atoms with Crippen molar-refractivity contribution in [1.29, 1.82) is 0 Å². The molecule has 1 aliphatic carbocycles. The predicted octanol–water partition coefficient (Wildman–Crippen LogP) is 2.67. The molecule has 2 rings (SSSR count). The van der Waals surface area contributed by atoms with Gasteiger partial charge >= 0.3 is 0 Å². The van der Waals surface area contributed by atoms with Crippen LogP contribution in [0.4, 0.5) is 0 Å². The van der Waals surface area contributed by atoms with Gasteiger partial charge in [0.2, 0.25) is 0 Å². The highest BCUT2D eigenvalue weighted by Crippen LogP contribution is 2.32. The number of fused-ring (bicyclic) bond motifs is 1. The Balaban J connectivity index is 0.000000845. The number of hydrogen-bond acceptors (Lipinski definition) is 1. The first-order valence-corrected chi connectivity index (χ1v) is 4.54. The van der Waals surface area contributed by atoms with Crippen molar-refractivity contribution >= 4 is 12.4 Å². The lowest BCUT2D eigenvalue weighted by Gasteiger charge is -2.08. The highest BCUT2D eigenvalue weighted by atomic mass is 35.5. The van der Waals surface area contributed by atoms with Crippen molar-refractivity contribution in [2.75, 3.05) is 0 Å². The lowest BCUT2D eigenvalue weighted by atomic mass is 9.99. The molecule has 0 saturated heterocycles. The molecule has 0 fully saturated rings. The Labute approximate surface area is 85.7 Å². The summed E-state index contributed by atoms with van der Waals surface area (Å²) in [5.74, 6) is 0. The van der Waals surface area contributed by atoms with E-state index in [2.05, 4.69) is 26.0 Å². The van der Waals surface area contributed by atoms with Crippen molar-refractivity contribution in [3.05, 3.63) is 34.4 Å². The van der Waals surface area contributed by atoms with Crippen molar-refractivity contribution < 1.29 is 0 Å². The van der Waals surface area contributed by atoms with Gasteiger partial charge in [-0.25, -0.2) is 0 Å². The number of nitrogens with two attached hydrogens (primary N) is 1. The van der Waals surface area contributed by atoms with Crippen molar-refractivity contribution in [3.63, 3.8) is 0 Å². The second kappa shape index (κ2) is 3.69. The molecule has 0 saturated carbocycles. The molecule has 1 atom stereocenters. The number of halogens is 1. The van der Waals surface area contributed by atoms with E-state index < -0.39 is 0 Å². The molecule has 1 aromatic rings. The molecule has 0 bridgehead atoms. The zero-order chi connectivity index (χ0) is 8.72. The minimum Gasteiger partial charge on any atom is -0.324 e. The number of benzene rings is 1. The molecule has 1 aromatic carbocycles. The molecular formula is C11H16ClN. The first-order valence-electron chi connectivity index (χ1n) is 4.54. The zero-order valence-corrected chi connectivity index (χ0v) is 8.95. The Morgan fingerprint density at radius 2 is 2.00 bits per heavy atom. The summed E-state index contributed by atoms with van der Waals surface area (Å²) in [6.07, 6.45) is 2.30. The quantitative estimate of drug-likeness (QED) is 0.680. The van der Waals surface area contributed by atoms with Crippen LogP contribution < -0.4 is 5.73 Å². The van der Waals surface area contributed by atoms with Crippen LogP contribution in [0.2, 0.25) is 0 Å². The molecule has 1 unspecified atom stereocenters. The first-order chi connectivity index (χ1) is 5.70. The smallest absolute Gasteiger partial charge is 0.0300 e. The van der Waals surface area contributed by atoms with Crippen LogP contribution in [-0.4, -0.2) is 0 Å². The van der Waals surface area contributed by atoms with Crippen LogP contribution in [0.3, 0.4) is 0 Å². The summed E-state index contributed by atoms with van der Waals surface area (Å²) in [6.45, 7) is 4.37. The van der Waals surface area contributed by atoms with Gasteiger partial charge in [0, 0.05) is 6.04 Å². The van der Waals surface area contributed by atoms with Crippen LogP contribution in [0.25, 0.3) is 0 Å².